The van der Waals surface area contributed by atoms with Crippen molar-refractivity contribution in [1.29, 1.82) is 0 Å². The SMILES string of the molecule is C[C@]1(O)CNc2cc(cc([C@@H]3C#C[C@@H]4CC(=O)Oc5c4cc(c(O)c5C4CCCCC4)C[C@H]4OC(=O)/C(=C\[C@H](O)Cc5cccc(c5)C[C@H]5C(=O)CC[C@@H]6[C@H]5C[C@@H]5CCCC[C@H]5[C@]64O)C3)c2)[C@H](O)CC#CC2CCC(CC2)OC[C@H]1O. The number of nitrogens with one attached hydrogen (secondary N) is 1. The van der Waals surface area contributed by atoms with Crippen molar-refractivity contribution in [2.45, 2.75) is 208 Å². The largest absolute Gasteiger partial charge is 0.507 e. The summed E-state index contributed by atoms with van der Waals surface area (Å²) >= 11 is 0. The van der Waals surface area contributed by atoms with Gasteiger partial charge in [-0.25, -0.2) is 4.79 Å². The fourth-order valence-electron chi connectivity index (χ4n) is 16.2. The maximum absolute atomic E-state index is 15.9. The molecular formula is C68H81NO12. The first-order chi connectivity index (χ1) is 39.1. The van der Waals surface area contributed by atoms with Gasteiger partial charge in [-0.15, -0.1) is 0 Å². The third-order valence-electron chi connectivity index (χ3n) is 20.7. The number of carbonyl (C=O) groups is 3. The van der Waals surface area contributed by atoms with Crippen molar-refractivity contribution >= 4 is 23.4 Å². The Balaban J connectivity index is 1.05. The first kappa shape index (κ1) is 56.0. The third-order valence-corrected chi connectivity index (χ3v) is 20.7. The number of phenols is 1. The molecule has 10 aliphatic rings. The molecule has 0 spiro atoms. The minimum atomic E-state index is -1.64. The molecule has 0 radical (unpaired) electrons. The van der Waals surface area contributed by atoms with E-state index in [9.17, 15) is 40.2 Å². The number of benzene rings is 3. The Morgan fingerprint density at radius 3 is 2.31 bits per heavy atom. The first-order valence-corrected chi connectivity index (χ1v) is 30.7. The average Bonchev–Trinajstić information content (AvgIpc) is 3.14. The number of rotatable bonds is 2. The van der Waals surface area contributed by atoms with Crippen LogP contribution < -0.4 is 10.1 Å². The van der Waals surface area contributed by atoms with Crippen LogP contribution in [0.4, 0.5) is 5.69 Å². The molecule has 13 rings (SSSR count). The van der Waals surface area contributed by atoms with E-state index >= 15 is 4.79 Å². The zero-order valence-electron chi connectivity index (χ0n) is 46.9. The maximum Gasteiger partial charge on any atom is 0.334 e. The van der Waals surface area contributed by atoms with E-state index < -0.39 is 65.3 Å². The van der Waals surface area contributed by atoms with Crippen molar-refractivity contribution < 1.29 is 59.2 Å². The fourth-order valence-corrected chi connectivity index (χ4v) is 16.2. The molecule has 430 valence electrons. The number of anilines is 1. The van der Waals surface area contributed by atoms with Gasteiger partial charge in [0.1, 0.15) is 40.7 Å². The van der Waals surface area contributed by atoms with E-state index in [1.54, 1.807) is 19.1 Å². The number of hydrogen-bond donors (Lipinski definition) is 7. The van der Waals surface area contributed by atoms with Gasteiger partial charge in [-0.2, -0.15) is 0 Å². The lowest BCUT2D eigenvalue weighted by atomic mass is 9.48. The van der Waals surface area contributed by atoms with E-state index in [0.29, 0.717) is 58.5 Å². The number of esters is 2. The van der Waals surface area contributed by atoms with Crippen LogP contribution in [0.5, 0.6) is 11.5 Å². The van der Waals surface area contributed by atoms with Crippen LogP contribution in [0.15, 0.2) is 60.2 Å². The summed E-state index contributed by atoms with van der Waals surface area (Å²) in [6.45, 7) is 1.41. The van der Waals surface area contributed by atoms with E-state index in [1.165, 1.54) is 0 Å². The number of aliphatic hydroxyl groups is 5. The molecule has 3 aromatic rings. The second-order valence-corrected chi connectivity index (χ2v) is 26.0. The summed E-state index contributed by atoms with van der Waals surface area (Å²) in [5, 5.41) is 78.0. The van der Waals surface area contributed by atoms with Crippen LogP contribution in [0.2, 0.25) is 0 Å². The zero-order valence-corrected chi connectivity index (χ0v) is 46.9. The highest BCUT2D eigenvalue weighted by molar-refractivity contribution is 5.89. The molecule has 81 heavy (non-hydrogen) atoms. The van der Waals surface area contributed by atoms with Crippen LogP contribution in [-0.2, 0) is 43.1 Å². The molecule has 13 nitrogen and oxygen atoms in total. The van der Waals surface area contributed by atoms with Crippen molar-refractivity contribution in [3.63, 3.8) is 0 Å². The number of ketones is 1. The smallest absolute Gasteiger partial charge is 0.334 e. The van der Waals surface area contributed by atoms with E-state index in [2.05, 4.69) is 29.0 Å². The Hall–Kier alpha value is -5.51. The third kappa shape index (κ3) is 11.5. The summed E-state index contributed by atoms with van der Waals surface area (Å²) in [5.41, 5.74) is 1.92. The van der Waals surface area contributed by atoms with Gasteiger partial charge in [0.05, 0.1) is 37.3 Å². The van der Waals surface area contributed by atoms with E-state index in [4.69, 9.17) is 14.2 Å². The molecule has 5 heterocycles. The Morgan fingerprint density at radius 2 is 1.49 bits per heavy atom. The molecule has 5 aliphatic carbocycles. The lowest BCUT2D eigenvalue weighted by Gasteiger charge is -2.59. The zero-order chi connectivity index (χ0) is 56.2. The van der Waals surface area contributed by atoms with E-state index in [0.717, 1.165) is 94.6 Å². The molecule has 3 aromatic carbocycles. The highest BCUT2D eigenvalue weighted by Crippen LogP contribution is 2.59. The number of hydrogen-bond acceptors (Lipinski definition) is 13. The molecule has 7 N–H and O–H groups in total. The standard InChI is InChI=1S/C68H81NO12/c1-67(77)38-69-50-30-46(29-47(31-50)58(71)16-8-9-39-17-21-52(22-18-39)79-37-60(67)73)43-19-20-44-36-62(74)81-65-53(44)34-48(64(75)63(65)42-12-3-2-4-13-42)35-61-68(78)56-15-6-5-14-45(56)33-54-55(59(72)24-23-57(54)68)27-41-11-7-10-40(25-41)26-51(70)32-49(28-43)66(76)80-61/h7,10-11,25,29-32,34,39,42-45,51-52,54-58,60-61,69-71,73,75,77-78H,2-6,12-18,21-24,26-28,33,35-38H2,1H3/b49-32-/t39?,43-,44-,45+,51-,52?,54+,55-,56-,57-,58-,60-,61-,67+,68+/m1/s1. The number of ether oxygens (including phenoxy) is 3. The Labute approximate surface area is 476 Å². The van der Waals surface area contributed by atoms with Gasteiger partial charge in [0.25, 0.3) is 0 Å². The van der Waals surface area contributed by atoms with Gasteiger partial charge in [-0.3, -0.25) is 9.59 Å². The van der Waals surface area contributed by atoms with Crippen LogP contribution in [0, 0.1) is 59.2 Å². The number of Topliss-reactive ketones (excluding diaryl/α,β-unsaturated/α-hetero) is 1. The molecule has 5 fully saturated rings. The Bertz CT molecular complexity index is 3050. The van der Waals surface area contributed by atoms with Crippen LogP contribution >= 0.6 is 0 Å². The topological polar surface area (TPSA) is 212 Å². The summed E-state index contributed by atoms with van der Waals surface area (Å²) in [6, 6.07) is 15.3. The van der Waals surface area contributed by atoms with Crippen LogP contribution in [-0.4, -0.2) is 97.1 Å². The van der Waals surface area contributed by atoms with Gasteiger partial charge >= 0.3 is 11.9 Å². The van der Waals surface area contributed by atoms with Crippen molar-refractivity contribution in [1.82, 2.24) is 0 Å². The summed E-state index contributed by atoms with van der Waals surface area (Å²) in [5.74, 6) is 10.2. The average molecular weight is 1100 g/mol. The molecule has 0 saturated heterocycles. The fraction of sp³-hybridized carbons (Fsp3) is 0.603. The van der Waals surface area contributed by atoms with Crippen molar-refractivity contribution in [2.24, 2.45) is 35.5 Å². The Kier molecular flexibility index (Phi) is 16.1. The van der Waals surface area contributed by atoms with Crippen molar-refractivity contribution in [2.75, 3.05) is 18.5 Å². The minimum Gasteiger partial charge on any atom is -0.507 e. The molecule has 0 amide bonds. The highest BCUT2D eigenvalue weighted by atomic mass is 16.6. The van der Waals surface area contributed by atoms with E-state index in [1.807, 2.05) is 42.5 Å². The summed E-state index contributed by atoms with van der Waals surface area (Å²) < 4.78 is 19.4. The van der Waals surface area contributed by atoms with Crippen LogP contribution in [0.1, 0.15) is 192 Å². The quantitative estimate of drug-likeness (QED) is 0.0726. The molecular weight excluding hydrogens is 1020 g/mol. The van der Waals surface area contributed by atoms with Crippen molar-refractivity contribution in [3.8, 4) is 35.2 Å². The molecule has 13 atom stereocenters. The molecule has 5 saturated carbocycles. The second kappa shape index (κ2) is 23.3. The van der Waals surface area contributed by atoms with E-state index in [-0.39, 0.29) is 110 Å². The predicted molar refractivity (Wildman–Crippen MR) is 304 cm³/mol. The van der Waals surface area contributed by atoms with Gasteiger partial charge < -0.3 is 50.2 Å². The highest BCUT2D eigenvalue weighted by Gasteiger charge is 2.62. The molecule has 0 aromatic heterocycles. The van der Waals surface area contributed by atoms with Crippen LogP contribution in [0.25, 0.3) is 0 Å². The van der Waals surface area contributed by atoms with Gasteiger partial charge in [-0.1, -0.05) is 92.5 Å². The molecule has 14 bridgehead atoms. The second-order valence-electron chi connectivity index (χ2n) is 26.0. The molecule has 5 aliphatic heterocycles. The minimum absolute atomic E-state index is 0.0284. The van der Waals surface area contributed by atoms with Gasteiger partial charge in [0, 0.05) is 72.4 Å². The number of phenolic OH excluding ortho intramolecular Hbond substituents is 1. The number of carbonyl (C=O) groups excluding carboxylic acids is 3. The van der Waals surface area contributed by atoms with Crippen molar-refractivity contribution in [3.05, 3.63) is 99.1 Å². The van der Waals surface area contributed by atoms with Gasteiger partial charge in [0.2, 0.25) is 0 Å². The maximum atomic E-state index is 15.9. The normalized spacial score (nSPS) is 37.1. The number of fused-ring (bicyclic) bond motifs is 18. The lowest BCUT2D eigenvalue weighted by molar-refractivity contribution is -0.228. The van der Waals surface area contributed by atoms with Gasteiger partial charge in [-0.05, 0) is 159 Å². The summed E-state index contributed by atoms with van der Waals surface area (Å²) in [4.78, 5) is 44.3. The Morgan fingerprint density at radius 1 is 0.741 bits per heavy atom. The first-order valence-electron chi connectivity index (χ1n) is 30.7. The molecule has 0 unspecified atom stereocenters. The number of aliphatic hydroxyl groups excluding tert-OH is 3. The molecule has 13 heteroatoms. The van der Waals surface area contributed by atoms with Crippen LogP contribution in [0.3, 0.4) is 0 Å². The monoisotopic (exact) mass is 1100 g/mol. The predicted octanol–water partition coefficient (Wildman–Crippen LogP) is 9.26. The summed E-state index contributed by atoms with van der Waals surface area (Å²) in [6.07, 6.45) is 9.97. The number of aromatic hydroxyl groups is 1. The summed E-state index contributed by atoms with van der Waals surface area (Å²) in [7, 11) is 0. The lowest BCUT2D eigenvalue weighted by Crippen LogP contribution is -2.65. The van der Waals surface area contributed by atoms with Gasteiger partial charge in [0.15, 0.2) is 0 Å².